The molecular formula is C14H21N3OS. The molecule has 0 radical (unpaired) electrons. The van der Waals surface area contributed by atoms with Crippen LogP contribution in [0.15, 0.2) is 23.4 Å². The van der Waals surface area contributed by atoms with Gasteiger partial charge in [-0.25, -0.2) is 0 Å². The van der Waals surface area contributed by atoms with Gasteiger partial charge in [0, 0.05) is 36.2 Å². The number of nitrogens with two attached hydrogens (primary N) is 1. The van der Waals surface area contributed by atoms with Gasteiger partial charge < -0.3 is 10.9 Å². The number of hydrogen-bond acceptors (Lipinski definition) is 4. The lowest BCUT2D eigenvalue weighted by molar-refractivity contribution is 0.278. The van der Waals surface area contributed by atoms with Crippen LogP contribution < -0.4 is 5.73 Å². The molecule has 0 bridgehead atoms. The van der Waals surface area contributed by atoms with E-state index < -0.39 is 0 Å². The predicted molar refractivity (Wildman–Crippen MR) is 80.9 cm³/mol. The van der Waals surface area contributed by atoms with Crippen molar-refractivity contribution in [3.63, 3.8) is 0 Å². The lowest BCUT2D eigenvalue weighted by Crippen LogP contribution is -2.36. The molecule has 1 heterocycles. The van der Waals surface area contributed by atoms with E-state index in [2.05, 4.69) is 30.0 Å². The molecule has 4 nitrogen and oxygen atoms in total. The van der Waals surface area contributed by atoms with Gasteiger partial charge in [0.25, 0.3) is 0 Å². The fourth-order valence-electron chi connectivity index (χ4n) is 2.37. The highest BCUT2D eigenvalue weighted by molar-refractivity contribution is 7.99. The number of oxime groups is 1. The Balaban J connectivity index is 2.09. The van der Waals surface area contributed by atoms with E-state index in [0.717, 1.165) is 25.2 Å². The summed E-state index contributed by atoms with van der Waals surface area (Å²) < 4.78 is 0. The van der Waals surface area contributed by atoms with Gasteiger partial charge in [0.15, 0.2) is 5.84 Å². The Labute approximate surface area is 118 Å². The van der Waals surface area contributed by atoms with Gasteiger partial charge in [0.1, 0.15) is 0 Å². The molecule has 1 aromatic carbocycles. The second-order valence-electron chi connectivity index (χ2n) is 5.04. The molecule has 0 saturated carbocycles. The van der Waals surface area contributed by atoms with E-state index in [9.17, 15) is 0 Å². The normalized spacial score (nSPS) is 21.6. The molecule has 0 aromatic heterocycles. The molecule has 19 heavy (non-hydrogen) atoms. The summed E-state index contributed by atoms with van der Waals surface area (Å²) >= 11 is 2.04. The van der Waals surface area contributed by atoms with Crippen LogP contribution in [0, 0.1) is 6.92 Å². The van der Waals surface area contributed by atoms with Gasteiger partial charge in [0.05, 0.1) is 0 Å². The van der Waals surface area contributed by atoms with Crippen molar-refractivity contribution < 1.29 is 5.21 Å². The summed E-state index contributed by atoms with van der Waals surface area (Å²) in [5.41, 5.74) is 8.88. The molecule has 1 aromatic rings. The third-order valence-corrected chi connectivity index (χ3v) is 4.60. The van der Waals surface area contributed by atoms with Crippen molar-refractivity contribution in [2.45, 2.75) is 25.6 Å². The van der Waals surface area contributed by atoms with E-state index >= 15 is 0 Å². The second kappa shape index (κ2) is 6.30. The summed E-state index contributed by atoms with van der Waals surface area (Å²) in [6.07, 6.45) is 0. The van der Waals surface area contributed by atoms with Crippen LogP contribution in [-0.4, -0.2) is 40.0 Å². The van der Waals surface area contributed by atoms with E-state index in [1.165, 1.54) is 16.9 Å². The zero-order chi connectivity index (χ0) is 13.8. The van der Waals surface area contributed by atoms with E-state index in [-0.39, 0.29) is 5.84 Å². The number of hydrogen-bond donors (Lipinski definition) is 2. The first-order valence-corrected chi connectivity index (χ1v) is 7.56. The molecule has 104 valence electrons. The smallest absolute Gasteiger partial charge is 0.170 e. The molecule has 5 heteroatoms. The molecule has 1 atom stereocenters. The van der Waals surface area contributed by atoms with E-state index in [4.69, 9.17) is 10.9 Å². The van der Waals surface area contributed by atoms with Crippen LogP contribution in [0.2, 0.25) is 0 Å². The lowest BCUT2D eigenvalue weighted by atomic mass is 10.0. The summed E-state index contributed by atoms with van der Waals surface area (Å²) in [5, 5.41) is 12.4. The van der Waals surface area contributed by atoms with Crippen molar-refractivity contribution in [2.75, 3.05) is 18.8 Å². The monoisotopic (exact) mass is 279 g/mol. The number of rotatable bonds is 3. The summed E-state index contributed by atoms with van der Waals surface area (Å²) in [6, 6.07) is 5.97. The van der Waals surface area contributed by atoms with E-state index in [0.29, 0.717) is 5.25 Å². The van der Waals surface area contributed by atoms with E-state index in [1.54, 1.807) is 0 Å². The molecule has 1 fully saturated rings. The Bertz CT molecular complexity index is 476. The average Bonchev–Trinajstić information content (AvgIpc) is 2.40. The minimum Gasteiger partial charge on any atom is -0.409 e. The van der Waals surface area contributed by atoms with Gasteiger partial charge in [-0.1, -0.05) is 24.2 Å². The second-order valence-corrected chi connectivity index (χ2v) is 6.59. The van der Waals surface area contributed by atoms with E-state index in [1.807, 2.05) is 23.9 Å². The Morgan fingerprint density at radius 3 is 3.00 bits per heavy atom. The Hall–Kier alpha value is -1.20. The SMILES string of the molecule is Cc1cc(/C(N)=N/O)ccc1CN1CCSC(C)C1. The predicted octanol–water partition coefficient (Wildman–Crippen LogP) is 2.03. The Morgan fingerprint density at radius 1 is 1.58 bits per heavy atom. The molecule has 0 spiro atoms. The molecule has 0 aliphatic carbocycles. The maximum absolute atomic E-state index is 8.69. The van der Waals surface area contributed by atoms with Crippen LogP contribution in [-0.2, 0) is 6.54 Å². The third-order valence-electron chi connectivity index (χ3n) is 3.47. The molecular weight excluding hydrogens is 258 g/mol. The van der Waals surface area contributed by atoms with Crippen LogP contribution in [0.4, 0.5) is 0 Å². The molecule has 3 N–H and O–H groups in total. The van der Waals surface area contributed by atoms with Gasteiger partial charge in [-0.05, 0) is 24.1 Å². The first kappa shape index (κ1) is 14.2. The summed E-state index contributed by atoms with van der Waals surface area (Å²) in [5.74, 6) is 1.38. The zero-order valence-electron chi connectivity index (χ0n) is 11.5. The lowest BCUT2D eigenvalue weighted by Gasteiger charge is -2.30. The number of nitrogens with zero attached hydrogens (tertiary/aromatic N) is 2. The van der Waals surface area contributed by atoms with Crippen molar-refractivity contribution in [1.82, 2.24) is 4.90 Å². The highest BCUT2D eigenvalue weighted by Crippen LogP contribution is 2.21. The van der Waals surface area contributed by atoms with Crippen LogP contribution in [0.5, 0.6) is 0 Å². The number of amidine groups is 1. The largest absolute Gasteiger partial charge is 0.409 e. The quantitative estimate of drug-likeness (QED) is 0.385. The zero-order valence-corrected chi connectivity index (χ0v) is 12.3. The first-order chi connectivity index (χ1) is 9.10. The van der Waals surface area contributed by atoms with Crippen LogP contribution >= 0.6 is 11.8 Å². The maximum Gasteiger partial charge on any atom is 0.170 e. The number of benzene rings is 1. The van der Waals surface area contributed by atoms with Crippen LogP contribution in [0.1, 0.15) is 23.6 Å². The fourth-order valence-corrected chi connectivity index (χ4v) is 3.45. The Kier molecular flexibility index (Phi) is 4.71. The minimum absolute atomic E-state index is 0.164. The summed E-state index contributed by atoms with van der Waals surface area (Å²) in [6.45, 7) is 7.63. The van der Waals surface area contributed by atoms with Crippen LogP contribution in [0.3, 0.4) is 0 Å². The number of aryl methyl sites for hydroxylation is 1. The highest BCUT2D eigenvalue weighted by Gasteiger charge is 2.17. The first-order valence-electron chi connectivity index (χ1n) is 6.51. The van der Waals surface area contributed by atoms with Crippen molar-refractivity contribution in [3.05, 3.63) is 34.9 Å². The Morgan fingerprint density at radius 2 is 2.37 bits per heavy atom. The topological polar surface area (TPSA) is 61.9 Å². The summed E-state index contributed by atoms with van der Waals surface area (Å²) in [7, 11) is 0. The minimum atomic E-state index is 0.164. The van der Waals surface area contributed by atoms with Crippen molar-refractivity contribution in [3.8, 4) is 0 Å². The van der Waals surface area contributed by atoms with Crippen molar-refractivity contribution >= 4 is 17.6 Å². The molecule has 1 unspecified atom stereocenters. The van der Waals surface area contributed by atoms with Crippen molar-refractivity contribution in [1.29, 1.82) is 0 Å². The number of thioether (sulfide) groups is 1. The molecule has 0 amide bonds. The van der Waals surface area contributed by atoms with Gasteiger partial charge in [0.2, 0.25) is 0 Å². The molecule has 1 aliphatic heterocycles. The van der Waals surface area contributed by atoms with Crippen molar-refractivity contribution in [2.24, 2.45) is 10.9 Å². The molecule has 2 rings (SSSR count). The van der Waals surface area contributed by atoms with Crippen LogP contribution in [0.25, 0.3) is 0 Å². The van der Waals surface area contributed by atoms with Gasteiger partial charge >= 0.3 is 0 Å². The average molecular weight is 279 g/mol. The molecule has 1 saturated heterocycles. The third kappa shape index (κ3) is 3.64. The fraction of sp³-hybridized carbons (Fsp3) is 0.500. The molecule has 1 aliphatic rings. The van der Waals surface area contributed by atoms with Gasteiger partial charge in [-0.15, -0.1) is 0 Å². The standard InChI is InChI=1S/C14H21N3OS/c1-10-7-12(14(15)16-18)3-4-13(10)9-17-5-6-19-11(2)8-17/h3-4,7,11,18H,5-6,8-9H2,1-2H3,(H2,15,16). The summed E-state index contributed by atoms with van der Waals surface area (Å²) in [4.78, 5) is 2.49. The van der Waals surface area contributed by atoms with Gasteiger partial charge in [-0.2, -0.15) is 11.8 Å². The van der Waals surface area contributed by atoms with Gasteiger partial charge in [-0.3, -0.25) is 4.90 Å². The highest BCUT2D eigenvalue weighted by atomic mass is 32.2. The maximum atomic E-state index is 8.69.